The minimum Gasteiger partial charge on any atom is -0.315 e. The van der Waals surface area contributed by atoms with Crippen molar-refractivity contribution >= 4 is 33.2 Å². The third kappa shape index (κ3) is 3.36. The highest BCUT2D eigenvalue weighted by molar-refractivity contribution is 7.89. The molecule has 2 rings (SSSR count). The zero-order chi connectivity index (χ0) is 13.2. The first-order valence-electron chi connectivity index (χ1n) is 5.67. The molecule has 2 N–H and O–H groups in total. The molecule has 18 heavy (non-hydrogen) atoms. The second-order valence-corrected chi connectivity index (χ2v) is 6.77. The van der Waals surface area contributed by atoms with Crippen molar-refractivity contribution in [3.05, 3.63) is 28.2 Å². The minimum absolute atomic E-state index is 0.0686. The summed E-state index contributed by atoms with van der Waals surface area (Å²) in [7, 11) is -3.59. The lowest BCUT2D eigenvalue weighted by Gasteiger charge is -2.23. The van der Waals surface area contributed by atoms with Gasteiger partial charge >= 0.3 is 0 Å². The number of hydrogen-bond donors (Lipinski definition) is 2. The van der Waals surface area contributed by atoms with Crippen molar-refractivity contribution in [3.8, 4) is 0 Å². The molecule has 7 heteroatoms. The van der Waals surface area contributed by atoms with Gasteiger partial charge in [0.1, 0.15) is 4.90 Å². The molecular weight excluding hydrogens is 295 g/mol. The number of rotatable bonds is 3. The van der Waals surface area contributed by atoms with Crippen LogP contribution >= 0.6 is 23.2 Å². The van der Waals surface area contributed by atoms with Gasteiger partial charge in [-0.15, -0.1) is 0 Å². The molecule has 1 fully saturated rings. The van der Waals surface area contributed by atoms with Gasteiger partial charge in [0, 0.05) is 17.6 Å². The maximum absolute atomic E-state index is 12.2. The fourth-order valence-electron chi connectivity index (χ4n) is 1.93. The standard InChI is InChI=1S/C11H14Cl2N2O2S/c12-8-3-4-11(10(13)6-8)18(16,17)15-9-2-1-5-14-7-9/h3-4,6,9,14-15H,1-2,5,7H2/t9-/m0/s1. The maximum atomic E-state index is 12.2. The second kappa shape index (κ2) is 5.75. The van der Waals surface area contributed by atoms with Crippen molar-refractivity contribution in [2.24, 2.45) is 0 Å². The predicted molar refractivity (Wildman–Crippen MR) is 72.7 cm³/mol. The van der Waals surface area contributed by atoms with Gasteiger partial charge < -0.3 is 5.32 Å². The van der Waals surface area contributed by atoms with E-state index in [4.69, 9.17) is 23.2 Å². The normalized spacial score (nSPS) is 20.9. The predicted octanol–water partition coefficient (Wildman–Crippen LogP) is 2.02. The lowest BCUT2D eigenvalue weighted by atomic mass is 10.1. The van der Waals surface area contributed by atoms with Crippen LogP contribution in [0.15, 0.2) is 23.1 Å². The molecule has 1 aromatic rings. The summed E-state index contributed by atoms with van der Waals surface area (Å²) in [4.78, 5) is 0.0686. The molecular formula is C11H14Cl2N2O2S. The minimum atomic E-state index is -3.59. The molecule has 1 aromatic carbocycles. The van der Waals surface area contributed by atoms with Crippen LogP contribution in [0.2, 0.25) is 10.0 Å². The molecule has 1 aliphatic heterocycles. The van der Waals surface area contributed by atoms with Crippen molar-refractivity contribution in [1.29, 1.82) is 0 Å². The van der Waals surface area contributed by atoms with Crippen molar-refractivity contribution < 1.29 is 8.42 Å². The lowest BCUT2D eigenvalue weighted by Crippen LogP contribution is -2.45. The number of sulfonamides is 1. The zero-order valence-corrected chi connectivity index (χ0v) is 11.9. The van der Waals surface area contributed by atoms with E-state index in [-0.39, 0.29) is 16.0 Å². The lowest BCUT2D eigenvalue weighted by molar-refractivity contribution is 0.428. The highest BCUT2D eigenvalue weighted by Crippen LogP contribution is 2.25. The molecule has 0 amide bonds. The molecule has 0 spiro atoms. The molecule has 0 aromatic heterocycles. The first-order chi connectivity index (χ1) is 8.49. The van der Waals surface area contributed by atoms with Gasteiger partial charge in [-0.25, -0.2) is 13.1 Å². The average Bonchev–Trinajstić information content (AvgIpc) is 2.29. The Morgan fingerprint density at radius 1 is 1.33 bits per heavy atom. The summed E-state index contributed by atoms with van der Waals surface area (Å²) in [5.41, 5.74) is 0. The van der Waals surface area contributed by atoms with E-state index in [1.807, 2.05) is 0 Å². The summed E-state index contributed by atoms with van der Waals surface area (Å²) in [5, 5.41) is 3.70. The van der Waals surface area contributed by atoms with Crippen molar-refractivity contribution in [3.63, 3.8) is 0 Å². The summed E-state index contributed by atoms with van der Waals surface area (Å²) in [6.45, 7) is 1.57. The van der Waals surface area contributed by atoms with Gasteiger partial charge in [-0.1, -0.05) is 23.2 Å². The first kappa shape index (κ1) is 14.1. The second-order valence-electron chi connectivity index (χ2n) is 4.24. The van der Waals surface area contributed by atoms with Crippen molar-refractivity contribution in [2.75, 3.05) is 13.1 Å². The molecule has 4 nitrogen and oxygen atoms in total. The summed E-state index contributed by atoms with van der Waals surface area (Å²) in [6, 6.07) is 4.27. The number of hydrogen-bond acceptors (Lipinski definition) is 3. The monoisotopic (exact) mass is 308 g/mol. The first-order valence-corrected chi connectivity index (χ1v) is 7.91. The van der Waals surface area contributed by atoms with Gasteiger partial charge in [-0.3, -0.25) is 0 Å². The zero-order valence-electron chi connectivity index (χ0n) is 9.62. The quantitative estimate of drug-likeness (QED) is 0.898. The number of piperidine rings is 1. The van der Waals surface area contributed by atoms with E-state index in [9.17, 15) is 8.42 Å². The Morgan fingerprint density at radius 2 is 2.11 bits per heavy atom. The van der Waals surface area contributed by atoms with E-state index in [2.05, 4.69) is 10.0 Å². The molecule has 1 atom stereocenters. The summed E-state index contributed by atoms with van der Waals surface area (Å²) in [6.07, 6.45) is 1.79. The van der Waals surface area contributed by atoms with Crippen molar-refractivity contribution in [1.82, 2.24) is 10.0 Å². The van der Waals surface area contributed by atoms with Gasteiger partial charge in [0.15, 0.2) is 0 Å². The van der Waals surface area contributed by atoms with Crippen LogP contribution in [-0.2, 0) is 10.0 Å². The van der Waals surface area contributed by atoms with E-state index in [0.29, 0.717) is 11.6 Å². The van der Waals surface area contributed by atoms with Gasteiger partial charge in [0.05, 0.1) is 5.02 Å². The Bertz CT molecular complexity index is 528. The van der Waals surface area contributed by atoms with Gasteiger partial charge in [0.25, 0.3) is 0 Å². The van der Waals surface area contributed by atoms with Crippen LogP contribution in [0.25, 0.3) is 0 Å². The summed E-state index contributed by atoms with van der Waals surface area (Å²) >= 11 is 11.7. The Balaban J connectivity index is 2.19. The van der Waals surface area contributed by atoms with Crippen molar-refractivity contribution in [2.45, 2.75) is 23.8 Å². The fraction of sp³-hybridized carbons (Fsp3) is 0.455. The third-order valence-electron chi connectivity index (χ3n) is 2.80. The van der Waals surface area contributed by atoms with Gasteiger partial charge in [0.2, 0.25) is 10.0 Å². The summed E-state index contributed by atoms with van der Waals surface area (Å²) < 4.78 is 27.0. The Kier molecular flexibility index (Phi) is 4.50. The van der Waals surface area contributed by atoms with E-state index in [1.165, 1.54) is 18.2 Å². The molecule has 1 aliphatic rings. The molecule has 1 saturated heterocycles. The molecule has 100 valence electrons. The Morgan fingerprint density at radius 3 is 2.72 bits per heavy atom. The molecule has 1 heterocycles. The SMILES string of the molecule is O=S(=O)(N[C@H]1CCCNC1)c1ccc(Cl)cc1Cl. The van der Waals surface area contributed by atoms with Crippen LogP contribution in [0.4, 0.5) is 0 Å². The van der Waals surface area contributed by atoms with Crippen LogP contribution in [0.3, 0.4) is 0 Å². The number of halogens is 2. The number of benzene rings is 1. The molecule has 0 bridgehead atoms. The summed E-state index contributed by atoms with van der Waals surface area (Å²) in [5.74, 6) is 0. The van der Waals surface area contributed by atoms with Crippen LogP contribution in [0.5, 0.6) is 0 Å². The average molecular weight is 309 g/mol. The Labute approximate surface area is 117 Å². The van der Waals surface area contributed by atoms with Gasteiger partial charge in [-0.2, -0.15) is 0 Å². The molecule has 0 radical (unpaired) electrons. The van der Waals surface area contributed by atoms with Crippen LogP contribution in [0, 0.1) is 0 Å². The highest BCUT2D eigenvalue weighted by atomic mass is 35.5. The van der Waals surface area contributed by atoms with Crippen LogP contribution in [-0.4, -0.2) is 27.5 Å². The highest BCUT2D eigenvalue weighted by Gasteiger charge is 2.23. The van der Waals surface area contributed by atoms with Crippen LogP contribution in [0.1, 0.15) is 12.8 Å². The van der Waals surface area contributed by atoms with Crippen LogP contribution < -0.4 is 10.0 Å². The molecule has 0 aliphatic carbocycles. The van der Waals surface area contributed by atoms with E-state index >= 15 is 0 Å². The van der Waals surface area contributed by atoms with Gasteiger partial charge in [-0.05, 0) is 37.6 Å². The van der Waals surface area contributed by atoms with E-state index in [1.54, 1.807) is 0 Å². The maximum Gasteiger partial charge on any atom is 0.242 e. The largest absolute Gasteiger partial charge is 0.315 e. The topological polar surface area (TPSA) is 58.2 Å². The van der Waals surface area contributed by atoms with E-state index in [0.717, 1.165) is 19.4 Å². The van der Waals surface area contributed by atoms with E-state index < -0.39 is 10.0 Å². The third-order valence-corrected chi connectivity index (χ3v) is 5.04. The Hall–Kier alpha value is -0.330. The number of nitrogens with one attached hydrogen (secondary N) is 2. The fourth-order valence-corrected chi connectivity index (χ4v) is 3.97. The smallest absolute Gasteiger partial charge is 0.242 e. The molecule has 0 unspecified atom stereocenters. The molecule has 0 saturated carbocycles.